The molecule has 1 aliphatic rings. The molecule has 0 atom stereocenters. The normalized spacial score (nSPS) is 12.6. The molecule has 0 saturated heterocycles. The smallest absolute Gasteiger partial charge is 0.335 e. The number of imide groups is 1. The van der Waals surface area contributed by atoms with Crippen molar-refractivity contribution < 1.29 is 24.3 Å². The van der Waals surface area contributed by atoms with Crippen LogP contribution in [0, 0.1) is 0 Å². The van der Waals surface area contributed by atoms with E-state index in [1.165, 1.54) is 48.5 Å². The molecule has 0 bridgehead atoms. The van der Waals surface area contributed by atoms with Gasteiger partial charge in [0, 0.05) is 11.3 Å². The van der Waals surface area contributed by atoms with Crippen LogP contribution in [0.3, 0.4) is 0 Å². The number of amides is 3. The summed E-state index contributed by atoms with van der Waals surface area (Å²) in [5, 5.41) is 11.6. The summed E-state index contributed by atoms with van der Waals surface area (Å²) < 4.78 is 0. The Balaban J connectivity index is 1.51. The quantitative estimate of drug-likeness (QED) is 0.669. The Morgan fingerprint density at radius 1 is 0.724 bits per heavy atom. The first-order chi connectivity index (χ1) is 14.0. The third-order valence-corrected chi connectivity index (χ3v) is 4.57. The van der Waals surface area contributed by atoms with Gasteiger partial charge in [0.1, 0.15) is 0 Å². The molecule has 4 rings (SSSR count). The van der Waals surface area contributed by atoms with E-state index < -0.39 is 23.7 Å². The standard InChI is InChI=1S/C22H14N2O5/c25-19(23-15-9-5-14(6-10-15)22(28)29)13-7-11-16(12-8-13)24-20(26)17-3-1-2-4-18(17)21(24)27/h1-12H,(H,23,25)(H,28,29). The van der Waals surface area contributed by atoms with E-state index in [1.807, 2.05) is 0 Å². The third kappa shape index (κ3) is 3.25. The van der Waals surface area contributed by atoms with E-state index in [2.05, 4.69) is 5.32 Å². The zero-order valence-electron chi connectivity index (χ0n) is 15.0. The fraction of sp³-hybridized carbons (Fsp3) is 0. The topological polar surface area (TPSA) is 104 Å². The molecule has 1 heterocycles. The van der Waals surface area contributed by atoms with E-state index in [0.717, 1.165) is 4.90 Å². The molecule has 7 heteroatoms. The largest absolute Gasteiger partial charge is 0.478 e. The molecule has 0 aliphatic carbocycles. The van der Waals surface area contributed by atoms with Crippen molar-refractivity contribution in [3.05, 3.63) is 95.1 Å². The van der Waals surface area contributed by atoms with Crippen molar-refractivity contribution in [2.24, 2.45) is 0 Å². The summed E-state index contributed by atoms with van der Waals surface area (Å²) in [5.74, 6) is -2.25. The molecule has 7 nitrogen and oxygen atoms in total. The Morgan fingerprint density at radius 2 is 1.24 bits per heavy atom. The second-order valence-electron chi connectivity index (χ2n) is 6.37. The minimum absolute atomic E-state index is 0.119. The molecule has 0 fully saturated rings. The number of carboxylic acid groups (broad SMARTS) is 1. The summed E-state index contributed by atoms with van der Waals surface area (Å²) >= 11 is 0. The van der Waals surface area contributed by atoms with Crippen molar-refractivity contribution in [2.45, 2.75) is 0 Å². The van der Waals surface area contributed by atoms with Gasteiger partial charge in [0.2, 0.25) is 0 Å². The minimum atomic E-state index is -1.05. The van der Waals surface area contributed by atoms with E-state index in [4.69, 9.17) is 5.11 Å². The summed E-state index contributed by atoms with van der Waals surface area (Å²) in [7, 11) is 0. The molecule has 0 saturated carbocycles. The fourth-order valence-corrected chi connectivity index (χ4v) is 3.09. The molecule has 0 aromatic heterocycles. The van der Waals surface area contributed by atoms with Crippen molar-refractivity contribution in [3.63, 3.8) is 0 Å². The highest BCUT2D eigenvalue weighted by atomic mass is 16.4. The first-order valence-electron chi connectivity index (χ1n) is 8.68. The van der Waals surface area contributed by atoms with Crippen LogP contribution >= 0.6 is 0 Å². The monoisotopic (exact) mass is 386 g/mol. The van der Waals surface area contributed by atoms with Crippen LogP contribution in [0.25, 0.3) is 0 Å². The van der Waals surface area contributed by atoms with Crippen LogP contribution in [-0.2, 0) is 0 Å². The SMILES string of the molecule is O=C(O)c1ccc(NC(=O)c2ccc(N3C(=O)c4ccccc4C3=O)cc2)cc1. The maximum Gasteiger partial charge on any atom is 0.335 e. The van der Waals surface area contributed by atoms with E-state index in [0.29, 0.717) is 28.1 Å². The molecule has 0 unspecified atom stereocenters. The lowest BCUT2D eigenvalue weighted by atomic mass is 10.1. The van der Waals surface area contributed by atoms with E-state index in [1.54, 1.807) is 24.3 Å². The average molecular weight is 386 g/mol. The van der Waals surface area contributed by atoms with Gasteiger partial charge in [-0.2, -0.15) is 0 Å². The van der Waals surface area contributed by atoms with Gasteiger partial charge in [0.25, 0.3) is 17.7 Å². The lowest BCUT2D eigenvalue weighted by Gasteiger charge is -2.14. The number of hydrogen-bond donors (Lipinski definition) is 2. The van der Waals surface area contributed by atoms with Gasteiger partial charge in [-0.05, 0) is 60.7 Å². The average Bonchev–Trinajstić information content (AvgIpc) is 2.99. The summed E-state index contributed by atoms with van der Waals surface area (Å²) in [6.45, 7) is 0. The molecule has 2 N–H and O–H groups in total. The van der Waals surface area contributed by atoms with Crippen LogP contribution < -0.4 is 10.2 Å². The molecule has 3 aromatic carbocycles. The Labute approximate surface area is 165 Å². The highest BCUT2D eigenvalue weighted by Gasteiger charge is 2.36. The van der Waals surface area contributed by atoms with Gasteiger partial charge in [-0.1, -0.05) is 12.1 Å². The van der Waals surface area contributed by atoms with Gasteiger partial charge in [-0.15, -0.1) is 0 Å². The van der Waals surface area contributed by atoms with E-state index in [-0.39, 0.29) is 5.56 Å². The molecule has 3 amide bonds. The first kappa shape index (κ1) is 18.1. The number of aromatic carboxylic acids is 1. The van der Waals surface area contributed by atoms with Crippen molar-refractivity contribution in [1.29, 1.82) is 0 Å². The summed E-state index contributed by atoms with van der Waals surface area (Å²) in [5.41, 5.74) is 1.97. The van der Waals surface area contributed by atoms with Crippen LogP contribution in [-0.4, -0.2) is 28.8 Å². The Morgan fingerprint density at radius 3 is 1.76 bits per heavy atom. The highest BCUT2D eigenvalue weighted by molar-refractivity contribution is 6.34. The van der Waals surface area contributed by atoms with Gasteiger partial charge in [0.05, 0.1) is 22.4 Å². The molecule has 29 heavy (non-hydrogen) atoms. The molecular formula is C22H14N2O5. The lowest BCUT2D eigenvalue weighted by molar-refractivity contribution is 0.0696. The molecule has 142 valence electrons. The Hall–Kier alpha value is -4.26. The number of carboxylic acids is 1. The van der Waals surface area contributed by atoms with Gasteiger partial charge < -0.3 is 10.4 Å². The number of carbonyl (C=O) groups is 4. The summed E-state index contributed by atoms with van der Waals surface area (Å²) in [6, 6.07) is 18.5. The second kappa shape index (κ2) is 7.05. The van der Waals surface area contributed by atoms with Crippen molar-refractivity contribution in [3.8, 4) is 0 Å². The number of anilines is 2. The van der Waals surface area contributed by atoms with Crippen LogP contribution in [0.1, 0.15) is 41.4 Å². The number of carbonyl (C=O) groups excluding carboxylic acids is 3. The van der Waals surface area contributed by atoms with E-state index >= 15 is 0 Å². The van der Waals surface area contributed by atoms with E-state index in [9.17, 15) is 19.2 Å². The number of rotatable bonds is 4. The maximum atomic E-state index is 12.5. The number of nitrogens with one attached hydrogen (secondary N) is 1. The van der Waals surface area contributed by atoms with Crippen LogP contribution in [0.2, 0.25) is 0 Å². The predicted molar refractivity (Wildman–Crippen MR) is 105 cm³/mol. The predicted octanol–water partition coefficient (Wildman–Crippen LogP) is 3.44. The molecular weight excluding hydrogens is 372 g/mol. The number of benzene rings is 3. The fourth-order valence-electron chi connectivity index (χ4n) is 3.09. The Bertz CT molecular complexity index is 1120. The first-order valence-corrected chi connectivity index (χ1v) is 8.68. The zero-order chi connectivity index (χ0) is 20.5. The Kier molecular flexibility index (Phi) is 4.40. The molecule has 0 radical (unpaired) electrons. The number of nitrogens with zero attached hydrogens (tertiary/aromatic N) is 1. The van der Waals surface area contributed by atoms with Crippen molar-refractivity contribution >= 4 is 35.1 Å². The summed E-state index contributed by atoms with van der Waals surface area (Å²) in [6.07, 6.45) is 0. The van der Waals surface area contributed by atoms with Gasteiger partial charge in [-0.3, -0.25) is 14.4 Å². The van der Waals surface area contributed by atoms with Gasteiger partial charge in [0.15, 0.2) is 0 Å². The highest BCUT2D eigenvalue weighted by Crippen LogP contribution is 2.28. The zero-order valence-corrected chi connectivity index (χ0v) is 15.0. The minimum Gasteiger partial charge on any atom is -0.478 e. The third-order valence-electron chi connectivity index (χ3n) is 4.57. The number of hydrogen-bond acceptors (Lipinski definition) is 4. The summed E-state index contributed by atoms with van der Waals surface area (Å²) in [4.78, 5) is 49.4. The lowest BCUT2D eigenvalue weighted by Crippen LogP contribution is -2.29. The van der Waals surface area contributed by atoms with Crippen LogP contribution in [0.15, 0.2) is 72.8 Å². The van der Waals surface area contributed by atoms with Crippen molar-refractivity contribution in [2.75, 3.05) is 10.2 Å². The maximum absolute atomic E-state index is 12.5. The van der Waals surface area contributed by atoms with Crippen molar-refractivity contribution in [1.82, 2.24) is 0 Å². The van der Waals surface area contributed by atoms with Crippen LogP contribution in [0.4, 0.5) is 11.4 Å². The van der Waals surface area contributed by atoms with Crippen LogP contribution in [0.5, 0.6) is 0 Å². The second-order valence-corrected chi connectivity index (χ2v) is 6.37. The van der Waals surface area contributed by atoms with Gasteiger partial charge >= 0.3 is 5.97 Å². The number of fused-ring (bicyclic) bond motifs is 1. The molecule has 3 aromatic rings. The molecule has 1 aliphatic heterocycles. The van der Waals surface area contributed by atoms with Gasteiger partial charge in [-0.25, -0.2) is 9.69 Å². The molecule has 0 spiro atoms.